The molecule has 2 aliphatic rings. The van der Waals surface area contributed by atoms with Gasteiger partial charge >= 0.3 is 0 Å². The number of carbonyl (C=O) groups excluding carboxylic acids is 2. The number of hydrogen-bond donors (Lipinski definition) is 2. The number of nitrogens with zero attached hydrogens (tertiary/aromatic N) is 2. The monoisotopic (exact) mass is 439 g/mol. The Labute approximate surface area is 189 Å². The Morgan fingerprint density at radius 2 is 2.16 bits per heavy atom. The van der Waals surface area contributed by atoms with Crippen molar-refractivity contribution in [3.8, 4) is 0 Å². The molecule has 1 aliphatic heterocycles. The van der Waals surface area contributed by atoms with Crippen molar-refractivity contribution in [3.05, 3.63) is 48.1 Å². The van der Waals surface area contributed by atoms with Crippen LogP contribution in [0.4, 0.5) is 5.69 Å². The first-order valence-electron chi connectivity index (χ1n) is 11.1. The van der Waals surface area contributed by atoms with Gasteiger partial charge in [-0.1, -0.05) is 30.9 Å². The lowest BCUT2D eigenvalue weighted by Gasteiger charge is -2.35. The molecule has 172 valence electrons. The fraction of sp³-hybridized carbons (Fsp3) is 0.480. The van der Waals surface area contributed by atoms with E-state index in [0.29, 0.717) is 31.6 Å². The van der Waals surface area contributed by atoms with E-state index in [-0.39, 0.29) is 18.4 Å². The molecule has 2 N–H and O–H groups in total. The minimum Gasteiger partial charge on any atom is -0.365 e. The molecule has 7 heteroatoms. The van der Waals surface area contributed by atoms with E-state index in [1.165, 1.54) is 5.56 Å². The maximum Gasteiger partial charge on any atom is 0.226 e. The molecule has 32 heavy (non-hydrogen) atoms. The van der Waals surface area contributed by atoms with Gasteiger partial charge in [-0.25, -0.2) is 0 Å². The molecule has 0 radical (unpaired) electrons. The summed E-state index contributed by atoms with van der Waals surface area (Å²) in [4.78, 5) is 29.1. The van der Waals surface area contributed by atoms with Gasteiger partial charge in [-0.15, -0.1) is 0 Å². The first-order chi connectivity index (χ1) is 15.4. The number of aliphatic imine (C=N–C) groups is 1. The fourth-order valence-electron chi connectivity index (χ4n) is 4.89. The molecule has 0 saturated heterocycles. The highest BCUT2D eigenvalue weighted by Crippen LogP contribution is 2.47. The Kier molecular flexibility index (Phi) is 7.64. The zero-order chi connectivity index (χ0) is 23.3. The number of benzene rings is 1. The van der Waals surface area contributed by atoms with E-state index in [1.807, 2.05) is 6.08 Å². The number of hydrogen-bond acceptors (Lipinski definition) is 5. The average Bonchev–Trinajstić information content (AvgIpc) is 3.12. The maximum absolute atomic E-state index is 11.8. The van der Waals surface area contributed by atoms with Crippen molar-refractivity contribution in [3.63, 3.8) is 0 Å². The molecule has 1 unspecified atom stereocenters. The third-order valence-electron chi connectivity index (χ3n) is 6.61. The summed E-state index contributed by atoms with van der Waals surface area (Å²) in [7, 11) is 3.33. The molecule has 0 bridgehead atoms. The van der Waals surface area contributed by atoms with Crippen molar-refractivity contribution in [2.45, 2.75) is 63.2 Å². The minimum atomic E-state index is -1.03. The maximum atomic E-state index is 11.8. The van der Waals surface area contributed by atoms with Gasteiger partial charge in [-0.3, -0.25) is 19.9 Å². The van der Waals surface area contributed by atoms with Crippen LogP contribution in [0.5, 0.6) is 0 Å². The van der Waals surface area contributed by atoms with E-state index in [2.05, 4.69) is 46.9 Å². The van der Waals surface area contributed by atoms with Gasteiger partial charge in [0.05, 0.1) is 5.69 Å². The van der Waals surface area contributed by atoms with Crippen LogP contribution < -0.4 is 10.2 Å². The van der Waals surface area contributed by atoms with E-state index >= 15 is 0 Å². The first kappa shape index (κ1) is 23.9. The fourth-order valence-corrected chi connectivity index (χ4v) is 4.89. The van der Waals surface area contributed by atoms with E-state index in [9.17, 15) is 14.7 Å². The summed E-state index contributed by atoms with van der Waals surface area (Å²) in [6.45, 7) is 5.96. The number of amidine groups is 1. The molecule has 1 fully saturated rings. The van der Waals surface area contributed by atoms with Gasteiger partial charge in [-0.05, 0) is 43.7 Å². The van der Waals surface area contributed by atoms with Crippen LogP contribution in [0.3, 0.4) is 0 Å². The van der Waals surface area contributed by atoms with Crippen LogP contribution in [0.1, 0.15) is 62.5 Å². The van der Waals surface area contributed by atoms with E-state index in [0.717, 1.165) is 35.5 Å². The summed E-state index contributed by atoms with van der Waals surface area (Å²) >= 11 is 0. The Bertz CT molecular complexity index is 929. The second-order valence-electron chi connectivity index (χ2n) is 8.47. The molecule has 1 aromatic rings. The molecule has 7 nitrogen and oxygen atoms in total. The summed E-state index contributed by atoms with van der Waals surface area (Å²) in [5.74, 6) is -0.169. The number of imide groups is 1. The number of amides is 2. The Morgan fingerprint density at radius 1 is 1.44 bits per heavy atom. The molecule has 1 aliphatic carbocycles. The molecule has 2 amide bonds. The van der Waals surface area contributed by atoms with Crippen molar-refractivity contribution in [1.82, 2.24) is 5.32 Å². The molecule has 0 aromatic heterocycles. The number of allylic oxidation sites excluding steroid dienone is 2. The van der Waals surface area contributed by atoms with Gasteiger partial charge in [0, 0.05) is 50.6 Å². The van der Waals surface area contributed by atoms with Gasteiger partial charge in [0.25, 0.3) is 0 Å². The number of carbonyl (C=O) groups is 2. The number of fused-ring (bicyclic) bond motifs is 1. The number of aliphatic hydroxyl groups is 1. The van der Waals surface area contributed by atoms with E-state index in [4.69, 9.17) is 4.74 Å². The molecular formula is C25H33N3O4. The third kappa shape index (κ3) is 4.69. The summed E-state index contributed by atoms with van der Waals surface area (Å²) in [6, 6.07) is 6.32. The topological polar surface area (TPSA) is 91.2 Å². The summed E-state index contributed by atoms with van der Waals surface area (Å²) < 4.78 is 5.31. The van der Waals surface area contributed by atoms with Gasteiger partial charge in [0.2, 0.25) is 12.3 Å². The average molecular weight is 440 g/mol. The molecule has 3 rings (SSSR count). The van der Waals surface area contributed by atoms with Crippen LogP contribution in [0, 0.1) is 0 Å². The van der Waals surface area contributed by atoms with Crippen LogP contribution in [0.2, 0.25) is 0 Å². The summed E-state index contributed by atoms with van der Waals surface area (Å²) in [6.07, 6.45) is 7.88. The zero-order valence-corrected chi connectivity index (χ0v) is 19.1. The van der Waals surface area contributed by atoms with Crippen LogP contribution in [-0.4, -0.2) is 49.2 Å². The standard InChI is InChI=1S/C25H33N3O4/c1-5-7-20-23-19(18-12-14-25(31,32-4)15-13-18)8-6-9-21(23)28(24(20)26-3)17(2)10-11-22(30)27-16-29/h5-9,16-18,31H,1,10-15H2,2-4H3,(H,27,29,30)/b20-7-,26-24?. The van der Waals surface area contributed by atoms with Gasteiger partial charge in [0.1, 0.15) is 5.84 Å². The first-order valence-corrected chi connectivity index (χ1v) is 11.1. The van der Waals surface area contributed by atoms with Gasteiger partial charge < -0.3 is 14.7 Å². The third-order valence-corrected chi connectivity index (χ3v) is 6.61. The highest BCUT2D eigenvalue weighted by Gasteiger charge is 2.39. The predicted octanol–water partition coefficient (Wildman–Crippen LogP) is 3.54. The smallest absolute Gasteiger partial charge is 0.226 e. The van der Waals surface area contributed by atoms with Crippen LogP contribution >= 0.6 is 0 Å². The molecule has 0 spiro atoms. The highest BCUT2D eigenvalue weighted by molar-refractivity contribution is 6.36. The lowest BCUT2D eigenvalue weighted by atomic mass is 9.78. The van der Waals surface area contributed by atoms with Crippen LogP contribution in [0.25, 0.3) is 5.57 Å². The van der Waals surface area contributed by atoms with E-state index < -0.39 is 5.79 Å². The molecule has 1 aromatic carbocycles. The minimum absolute atomic E-state index is 0.000700. The number of methoxy groups -OCH3 is 1. The van der Waals surface area contributed by atoms with E-state index in [1.54, 1.807) is 20.2 Å². The van der Waals surface area contributed by atoms with Crippen molar-refractivity contribution < 1.29 is 19.4 Å². The van der Waals surface area contributed by atoms with Crippen molar-refractivity contribution in [1.29, 1.82) is 0 Å². The van der Waals surface area contributed by atoms with Crippen molar-refractivity contribution >= 4 is 29.4 Å². The van der Waals surface area contributed by atoms with Gasteiger partial charge in [0.15, 0.2) is 5.79 Å². The molecule has 1 heterocycles. The quantitative estimate of drug-likeness (QED) is 0.478. The largest absolute Gasteiger partial charge is 0.365 e. The number of nitrogens with one attached hydrogen (secondary N) is 1. The zero-order valence-electron chi connectivity index (χ0n) is 19.1. The van der Waals surface area contributed by atoms with Crippen LogP contribution in [-0.2, 0) is 14.3 Å². The lowest BCUT2D eigenvalue weighted by Crippen LogP contribution is -2.36. The molecule has 1 saturated carbocycles. The predicted molar refractivity (Wildman–Crippen MR) is 127 cm³/mol. The Hall–Kier alpha value is -2.77. The number of anilines is 1. The van der Waals surface area contributed by atoms with Gasteiger partial charge in [-0.2, -0.15) is 0 Å². The highest BCUT2D eigenvalue weighted by atomic mass is 16.6. The normalized spacial score (nSPS) is 26.1. The number of rotatable bonds is 8. The lowest BCUT2D eigenvalue weighted by molar-refractivity contribution is -0.204. The SMILES string of the molecule is C=C/C=C1\C(=NC)N(C(C)CCC(=O)NC=O)c2cccc(C3CCC(O)(OC)CC3)c21. The second-order valence-corrected chi connectivity index (χ2v) is 8.47. The van der Waals surface area contributed by atoms with Crippen LogP contribution in [0.15, 0.2) is 41.9 Å². The summed E-state index contributed by atoms with van der Waals surface area (Å²) in [5.41, 5.74) is 4.46. The van der Waals surface area contributed by atoms with Crippen molar-refractivity contribution in [2.24, 2.45) is 4.99 Å². The molecular weight excluding hydrogens is 406 g/mol. The Balaban J connectivity index is 1.97. The second kappa shape index (κ2) is 10.2. The number of ether oxygens (including phenoxy) is 1. The summed E-state index contributed by atoms with van der Waals surface area (Å²) in [5, 5.41) is 12.7. The Morgan fingerprint density at radius 3 is 2.75 bits per heavy atom. The van der Waals surface area contributed by atoms with Crippen molar-refractivity contribution in [2.75, 3.05) is 19.1 Å². The molecule has 1 atom stereocenters.